The summed E-state index contributed by atoms with van der Waals surface area (Å²) in [6.07, 6.45) is 1.71. The van der Waals surface area contributed by atoms with Gasteiger partial charge in [-0.1, -0.05) is 6.92 Å². The van der Waals surface area contributed by atoms with Gasteiger partial charge in [0.1, 0.15) is 0 Å². The van der Waals surface area contributed by atoms with Crippen molar-refractivity contribution in [1.82, 2.24) is 10.1 Å². The number of hydrogen-bond donors (Lipinski definition) is 0. The zero-order valence-electron chi connectivity index (χ0n) is 6.92. The lowest BCUT2D eigenvalue weighted by Gasteiger charge is -1.97. The lowest BCUT2D eigenvalue weighted by atomic mass is 10.4. The molecular weight excluding hydrogens is 224 g/mol. The van der Waals surface area contributed by atoms with Gasteiger partial charge in [0.15, 0.2) is 0 Å². The molecule has 1 aromatic heterocycles. The number of ether oxygens (including phenoxy) is 1. The van der Waals surface area contributed by atoms with Gasteiger partial charge in [-0.3, -0.25) is 0 Å². The summed E-state index contributed by atoms with van der Waals surface area (Å²) in [5.41, 5.74) is 0. The van der Waals surface area contributed by atoms with Crippen LogP contribution in [0.5, 0.6) is 0 Å². The van der Waals surface area contributed by atoms with Crippen molar-refractivity contribution in [2.24, 2.45) is 0 Å². The second kappa shape index (κ2) is 5.27. The predicted octanol–water partition coefficient (Wildman–Crippen LogP) is 1.80. The fourth-order valence-corrected chi connectivity index (χ4v) is 1.01. The first-order chi connectivity index (χ1) is 5.83. The van der Waals surface area contributed by atoms with Crippen LogP contribution in [-0.2, 0) is 11.2 Å². The summed E-state index contributed by atoms with van der Waals surface area (Å²) in [6.45, 7) is 3.50. The van der Waals surface area contributed by atoms with E-state index in [9.17, 15) is 0 Å². The lowest BCUT2D eigenvalue weighted by Crippen LogP contribution is -1.99. The van der Waals surface area contributed by atoms with E-state index >= 15 is 0 Å². The Labute approximate surface area is 79.4 Å². The summed E-state index contributed by atoms with van der Waals surface area (Å²) in [6, 6.07) is 0. The highest BCUT2D eigenvalue weighted by Gasteiger charge is 2.01. The summed E-state index contributed by atoms with van der Waals surface area (Å²) in [5.74, 6) is 0.609. The Balaban J connectivity index is 2.15. The number of halogens is 1. The molecule has 0 bridgehead atoms. The van der Waals surface area contributed by atoms with Crippen LogP contribution in [0.1, 0.15) is 19.2 Å². The van der Waals surface area contributed by atoms with Crippen LogP contribution in [0.15, 0.2) is 9.26 Å². The molecule has 1 rings (SSSR count). The minimum atomic E-state index is 0.494. The molecule has 0 aliphatic heterocycles. The third-order valence-corrected chi connectivity index (χ3v) is 1.57. The van der Waals surface area contributed by atoms with Gasteiger partial charge >= 0.3 is 0 Å². The van der Waals surface area contributed by atoms with E-state index in [2.05, 4.69) is 33.0 Å². The van der Waals surface area contributed by atoms with E-state index < -0.39 is 0 Å². The zero-order chi connectivity index (χ0) is 8.81. The highest BCUT2D eigenvalue weighted by molar-refractivity contribution is 9.10. The zero-order valence-corrected chi connectivity index (χ0v) is 8.50. The average molecular weight is 235 g/mol. The van der Waals surface area contributed by atoms with E-state index in [0.717, 1.165) is 13.0 Å². The molecule has 0 saturated carbocycles. The fraction of sp³-hybridized carbons (Fsp3) is 0.714. The molecular formula is C7H11BrN2O2. The Morgan fingerprint density at radius 2 is 2.33 bits per heavy atom. The van der Waals surface area contributed by atoms with Crippen LogP contribution in [0.4, 0.5) is 0 Å². The van der Waals surface area contributed by atoms with Crippen molar-refractivity contribution in [3.63, 3.8) is 0 Å². The molecule has 0 amide bonds. The number of hydrogen-bond acceptors (Lipinski definition) is 4. The molecule has 0 N–H and O–H groups in total. The third-order valence-electron chi connectivity index (χ3n) is 1.25. The molecule has 5 heteroatoms. The summed E-state index contributed by atoms with van der Waals surface area (Å²) in [7, 11) is 0. The largest absolute Gasteiger partial charge is 0.381 e. The Morgan fingerprint density at radius 1 is 1.50 bits per heavy atom. The topological polar surface area (TPSA) is 48.2 Å². The first-order valence-electron chi connectivity index (χ1n) is 3.88. The van der Waals surface area contributed by atoms with Crippen molar-refractivity contribution >= 4 is 15.9 Å². The van der Waals surface area contributed by atoms with Crippen molar-refractivity contribution in [3.8, 4) is 0 Å². The predicted molar refractivity (Wildman–Crippen MR) is 46.8 cm³/mol. The van der Waals surface area contributed by atoms with Gasteiger partial charge in [-0.15, -0.1) is 0 Å². The highest BCUT2D eigenvalue weighted by Crippen LogP contribution is 2.04. The number of rotatable bonds is 5. The molecule has 0 saturated heterocycles. The molecule has 0 aromatic carbocycles. The van der Waals surface area contributed by atoms with Gasteiger partial charge in [0, 0.05) is 6.61 Å². The van der Waals surface area contributed by atoms with Crippen molar-refractivity contribution in [3.05, 3.63) is 10.6 Å². The molecule has 68 valence electrons. The van der Waals surface area contributed by atoms with Crippen LogP contribution in [0.2, 0.25) is 0 Å². The first kappa shape index (κ1) is 9.67. The molecule has 0 aliphatic carbocycles. The number of nitrogens with zero attached hydrogens (tertiary/aromatic N) is 2. The van der Waals surface area contributed by atoms with Gasteiger partial charge in [0.25, 0.3) is 0 Å². The fourth-order valence-electron chi connectivity index (χ4n) is 0.742. The van der Waals surface area contributed by atoms with E-state index in [1.165, 1.54) is 0 Å². The molecule has 0 aliphatic rings. The minimum Gasteiger partial charge on any atom is -0.381 e. The average Bonchev–Trinajstić information content (AvgIpc) is 2.45. The van der Waals surface area contributed by atoms with E-state index in [1.54, 1.807) is 0 Å². The van der Waals surface area contributed by atoms with Crippen molar-refractivity contribution in [1.29, 1.82) is 0 Å². The van der Waals surface area contributed by atoms with Crippen LogP contribution in [0, 0.1) is 0 Å². The van der Waals surface area contributed by atoms with E-state index in [4.69, 9.17) is 9.26 Å². The normalized spacial score (nSPS) is 10.5. The van der Waals surface area contributed by atoms with E-state index in [-0.39, 0.29) is 0 Å². The lowest BCUT2D eigenvalue weighted by molar-refractivity contribution is 0.132. The Morgan fingerprint density at radius 3 is 2.92 bits per heavy atom. The molecule has 0 radical (unpaired) electrons. The summed E-state index contributed by atoms with van der Waals surface area (Å²) >= 11 is 3.10. The minimum absolute atomic E-state index is 0.494. The van der Waals surface area contributed by atoms with Gasteiger partial charge in [0.05, 0.1) is 13.0 Å². The maximum Gasteiger partial charge on any atom is 0.238 e. The summed E-state index contributed by atoms with van der Waals surface area (Å²) < 4.78 is 10.6. The molecule has 4 nitrogen and oxygen atoms in total. The van der Waals surface area contributed by atoms with Crippen LogP contribution in [-0.4, -0.2) is 23.4 Å². The Kier molecular flexibility index (Phi) is 4.24. The van der Waals surface area contributed by atoms with Crippen LogP contribution < -0.4 is 0 Å². The summed E-state index contributed by atoms with van der Waals surface area (Å²) in [4.78, 5) is 3.97. The van der Waals surface area contributed by atoms with Crippen molar-refractivity contribution in [2.75, 3.05) is 13.2 Å². The van der Waals surface area contributed by atoms with Gasteiger partial charge in [0.2, 0.25) is 10.6 Å². The van der Waals surface area contributed by atoms with Gasteiger partial charge in [-0.05, 0) is 27.5 Å². The van der Waals surface area contributed by atoms with Crippen molar-refractivity contribution < 1.29 is 9.26 Å². The smallest absolute Gasteiger partial charge is 0.238 e. The molecule has 0 spiro atoms. The number of aromatic nitrogens is 2. The SMILES string of the molecule is CCCOCCc1nc(Br)no1. The Hall–Kier alpha value is -0.420. The third kappa shape index (κ3) is 3.32. The molecule has 12 heavy (non-hydrogen) atoms. The van der Waals surface area contributed by atoms with Crippen LogP contribution in [0.25, 0.3) is 0 Å². The van der Waals surface area contributed by atoms with Gasteiger partial charge < -0.3 is 9.26 Å². The Bertz CT molecular complexity index is 227. The second-order valence-corrected chi connectivity index (χ2v) is 3.03. The first-order valence-corrected chi connectivity index (χ1v) is 4.68. The van der Waals surface area contributed by atoms with E-state index in [0.29, 0.717) is 23.7 Å². The van der Waals surface area contributed by atoms with Crippen LogP contribution >= 0.6 is 15.9 Å². The molecule has 1 heterocycles. The molecule has 1 aromatic rings. The maximum atomic E-state index is 5.25. The van der Waals surface area contributed by atoms with Gasteiger partial charge in [-0.25, -0.2) is 0 Å². The molecule has 0 atom stereocenters. The molecule has 0 fully saturated rings. The maximum absolute atomic E-state index is 5.25. The second-order valence-electron chi connectivity index (χ2n) is 2.32. The van der Waals surface area contributed by atoms with Gasteiger partial charge in [-0.2, -0.15) is 4.98 Å². The van der Waals surface area contributed by atoms with Crippen LogP contribution in [0.3, 0.4) is 0 Å². The summed E-state index contributed by atoms with van der Waals surface area (Å²) in [5, 5.41) is 3.59. The molecule has 0 unspecified atom stereocenters. The standard InChI is InChI=1S/C7H11BrN2O2/c1-2-4-11-5-3-6-9-7(8)10-12-6/h2-5H2,1H3. The highest BCUT2D eigenvalue weighted by atomic mass is 79.9. The monoisotopic (exact) mass is 234 g/mol. The quantitative estimate of drug-likeness (QED) is 0.730. The van der Waals surface area contributed by atoms with Crippen molar-refractivity contribution in [2.45, 2.75) is 19.8 Å². The van der Waals surface area contributed by atoms with E-state index in [1.807, 2.05) is 0 Å².